The topological polar surface area (TPSA) is 54.9 Å². The molecule has 2 atom stereocenters. The molecule has 0 amide bonds. The third-order valence-electron chi connectivity index (χ3n) is 4.88. The molecule has 0 aromatic carbocycles. The minimum absolute atomic E-state index is 0. The van der Waals surface area contributed by atoms with E-state index in [1.165, 1.54) is 44.9 Å². The highest BCUT2D eigenvalue weighted by Crippen LogP contribution is 2.28. The van der Waals surface area contributed by atoms with Crippen molar-refractivity contribution in [2.45, 2.75) is 70.4 Å². The summed E-state index contributed by atoms with van der Waals surface area (Å²) in [5, 5.41) is 6.81. The zero-order valence-corrected chi connectivity index (χ0v) is 17.7. The van der Waals surface area contributed by atoms with Crippen molar-refractivity contribution in [2.24, 2.45) is 10.9 Å². The predicted molar refractivity (Wildman–Crippen MR) is 110 cm³/mol. The fourth-order valence-electron chi connectivity index (χ4n) is 3.46. The zero-order chi connectivity index (χ0) is 16.3. The van der Waals surface area contributed by atoms with Crippen LogP contribution in [0.25, 0.3) is 0 Å². The summed E-state index contributed by atoms with van der Waals surface area (Å²) < 4.78 is 11.2. The average molecular weight is 453 g/mol. The number of nitrogens with zero attached hydrogens (tertiary/aromatic N) is 1. The van der Waals surface area contributed by atoms with Crippen molar-refractivity contribution in [2.75, 3.05) is 33.4 Å². The van der Waals surface area contributed by atoms with Crippen LogP contribution in [0.15, 0.2) is 4.99 Å². The first kappa shape index (κ1) is 22.0. The maximum absolute atomic E-state index is 5.84. The van der Waals surface area contributed by atoms with Gasteiger partial charge in [0.15, 0.2) is 5.96 Å². The van der Waals surface area contributed by atoms with Crippen LogP contribution in [0, 0.1) is 5.92 Å². The fraction of sp³-hybridized carbons (Fsp3) is 0.944. The van der Waals surface area contributed by atoms with Gasteiger partial charge in [-0.25, -0.2) is 0 Å². The molecule has 0 radical (unpaired) electrons. The average Bonchev–Trinajstić information content (AvgIpc) is 3.25. The van der Waals surface area contributed by atoms with E-state index in [1.54, 1.807) is 0 Å². The first-order valence-corrected chi connectivity index (χ1v) is 9.44. The Hall–Kier alpha value is -0.0800. The molecule has 0 spiro atoms. The number of aliphatic imine (C=N–C) groups is 1. The molecular weight excluding hydrogens is 417 g/mol. The zero-order valence-electron chi connectivity index (χ0n) is 15.4. The van der Waals surface area contributed by atoms with Crippen molar-refractivity contribution in [3.8, 4) is 0 Å². The Bertz CT molecular complexity index is 343. The molecule has 24 heavy (non-hydrogen) atoms. The van der Waals surface area contributed by atoms with Crippen LogP contribution in [0.3, 0.4) is 0 Å². The van der Waals surface area contributed by atoms with Crippen molar-refractivity contribution in [3.63, 3.8) is 0 Å². The molecule has 1 aliphatic heterocycles. The molecular formula is C18H36IN3O2. The van der Waals surface area contributed by atoms with Gasteiger partial charge in [0, 0.05) is 26.2 Å². The van der Waals surface area contributed by atoms with E-state index in [0.29, 0.717) is 6.61 Å². The van der Waals surface area contributed by atoms with Crippen LogP contribution >= 0.6 is 24.0 Å². The summed E-state index contributed by atoms with van der Waals surface area (Å²) in [4.78, 5) is 4.30. The number of guanidine groups is 1. The van der Waals surface area contributed by atoms with E-state index >= 15 is 0 Å². The molecule has 5 nitrogen and oxygen atoms in total. The van der Waals surface area contributed by atoms with Crippen molar-refractivity contribution >= 4 is 29.9 Å². The summed E-state index contributed by atoms with van der Waals surface area (Å²) in [7, 11) is 1.83. The summed E-state index contributed by atoms with van der Waals surface area (Å²) in [6.45, 7) is 5.38. The van der Waals surface area contributed by atoms with Gasteiger partial charge >= 0.3 is 0 Å². The van der Waals surface area contributed by atoms with E-state index in [0.717, 1.165) is 38.1 Å². The third kappa shape index (κ3) is 8.85. The third-order valence-corrected chi connectivity index (χ3v) is 4.88. The maximum atomic E-state index is 5.84. The first-order valence-electron chi connectivity index (χ1n) is 9.44. The van der Waals surface area contributed by atoms with Crippen LogP contribution in [0.4, 0.5) is 0 Å². The van der Waals surface area contributed by atoms with Gasteiger partial charge in [-0.05, 0) is 25.7 Å². The van der Waals surface area contributed by atoms with Gasteiger partial charge in [0.2, 0.25) is 0 Å². The fourth-order valence-corrected chi connectivity index (χ4v) is 3.46. The standard InChI is InChI=1S/C18H35N3O2.HI/c1-15(13-23-17-10-12-22-14-17)21-18(19-2)20-11-6-5-9-16-7-3-4-8-16;/h15-17H,3-14H2,1-2H3,(H2,19,20,21);1H. The number of ether oxygens (including phenoxy) is 2. The van der Waals surface area contributed by atoms with Gasteiger partial charge in [-0.1, -0.05) is 38.5 Å². The van der Waals surface area contributed by atoms with Gasteiger partial charge < -0.3 is 20.1 Å². The smallest absolute Gasteiger partial charge is 0.191 e. The second kappa shape index (κ2) is 13.2. The number of halogens is 1. The summed E-state index contributed by atoms with van der Waals surface area (Å²) in [6, 6.07) is 0.250. The summed E-state index contributed by atoms with van der Waals surface area (Å²) in [5.74, 6) is 1.88. The van der Waals surface area contributed by atoms with Gasteiger partial charge in [-0.2, -0.15) is 0 Å². The minimum atomic E-state index is 0. The van der Waals surface area contributed by atoms with Crippen molar-refractivity contribution in [1.29, 1.82) is 0 Å². The van der Waals surface area contributed by atoms with Gasteiger partial charge in [0.05, 0.1) is 19.3 Å². The molecule has 2 N–H and O–H groups in total. The minimum Gasteiger partial charge on any atom is -0.379 e. The van der Waals surface area contributed by atoms with Crippen LogP contribution in [0.1, 0.15) is 58.3 Å². The van der Waals surface area contributed by atoms with Crippen LogP contribution in [0.5, 0.6) is 0 Å². The lowest BCUT2D eigenvalue weighted by atomic mass is 10.0. The molecule has 0 aromatic rings. The van der Waals surface area contributed by atoms with E-state index in [9.17, 15) is 0 Å². The molecule has 2 fully saturated rings. The summed E-state index contributed by atoms with van der Waals surface area (Å²) in [6.07, 6.45) is 11.1. The van der Waals surface area contributed by atoms with Crippen molar-refractivity contribution in [1.82, 2.24) is 10.6 Å². The molecule has 0 bridgehead atoms. The molecule has 1 saturated carbocycles. The Morgan fingerprint density at radius 3 is 2.71 bits per heavy atom. The van der Waals surface area contributed by atoms with E-state index in [4.69, 9.17) is 9.47 Å². The van der Waals surface area contributed by atoms with Crippen LogP contribution in [0.2, 0.25) is 0 Å². The number of nitrogens with one attached hydrogen (secondary N) is 2. The number of unbranched alkanes of at least 4 members (excludes halogenated alkanes) is 1. The summed E-state index contributed by atoms with van der Waals surface area (Å²) in [5.41, 5.74) is 0. The number of rotatable bonds is 9. The van der Waals surface area contributed by atoms with E-state index in [2.05, 4.69) is 22.5 Å². The molecule has 2 rings (SSSR count). The molecule has 0 aromatic heterocycles. The highest BCUT2D eigenvalue weighted by atomic mass is 127. The quantitative estimate of drug-likeness (QED) is 0.244. The predicted octanol–water partition coefficient (Wildman–Crippen LogP) is 3.32. The van der Waals surface area contributed by atoms with Gasteiger partial charge in [0.1, 0.15) is 0 Å². The maximum Gasteiger partial charge on any atom is 0.191 e. The van der Waals surface area contributed by atoms with Crippen LogP contribution in [-0.4, -0.2) is 51.5 Å². The van der Waals surface area contributed by atoms with E-state index < -0.39 is 0 Å². The van der Waals surface area contributed by atoms with Crippen LogP contribution < -0.4 is 10.6 Å². The number of hydrogen-bond donors (Lipinski definition) is 2. The first-order chi connectivity index (χ1) is 11.3. The second-order valence-electron chi connectivity index (χ2n) is 7.01. The van der Waals surface area contributed by atoms with E-state index in [1.807, 2.05) is 7.05 Å². The van der Waals surface area contributed by atoms with Gasteiger partial charge in [-0.15, -0.1) is 24.0 Å². The van der Waals surface area contributed by atoms with Gasteiger partial charge in [0.25, 0.3) is 0 Å². The molecule has 2 aliphatic rings. The Balaban J connectivity index is 0.00000288. The Labute approximate surface area is 164 Å². The summed E-state index contributed by atoms with van der Waals surface area (Å²) >= 11 is 0. The monoisotopic (exact) mass is 453 g/mol. The van der Waals surface area contributed by atoms with Gasteiger partial charge in [-0.3, -0.25) is 4.99 Å². The highest BCUT2D eigenvalue weighted by Gasteiger charge is 2.17. The number of hydrogen-bond acceptors (Lipinski definition) is 3. The molecule has 1 heterocycles. The molecule has 1 saturated heterocycles. The lowest BCUT2D eigenvalue weighted by Crippen LogP contribution is -2.44. The Kier molecular flexibility index (Phi) is 12.0. The van der Waals surface area contributed by atoms with E-state index in [-0.39, 0.29) is 36.1 Å². The Morgan fingerprint density at radius 2 is 2.04 bits per heavy atom. The molecule has 1 aliphatic carbocycles. The highest BCUT2D eigenvalue weighted by molar-refractivity contribution is 14.0. The van der Waals surface area contributed by atoms with Crippen molar-refractivity contribution in [3.05, 3.63) is 0 Å². The normalized spacial score (nSPS) is 23.1. The molecule has 2 unspecified atom stereocenters. The molecule has 142 valence electrons. The van der Waals surface area contributed by atoms with Crippen molar-refractivity contribution < 1.29 is 9.47 Å². The second-order valence-corrected chi connectivity index (χ2v) is 7.01. The lowest BCUT2D eigenvalue weighted by molar-refractivity contribution is 0.0347. The lowest BCUT2D eigenvalue weighted by Gasteiger charge is -2.19. The SMILES string of the molecule is CN=C(NCCCCC1CCCC1)NC(C)COC1CCOC1.I. The Morgan fingerprint density at radius 1 is 1.25 bits per heavy atom. The largest absolute Gasteiger partial charge is 0.379 e. The molecule has 6 heteroatoms. The van der Waals surface area contributed by atoms with Crippen LogP contribution in [-0.2, 0) is 9.47 Å².